The first kappa shape index (κ1) is 19.4. The van der Waals surface area contributed by atoms with Crippen LogP contribution in [0.5, 0.6) is 17.2 Å². The summed E-state index contributed by atoms with van der Waals surface area (Å²) in [5, 5.41) is 28.3. The molecule has 0 saturated heterocycles. The van der Waals surface area contributed by atoms with E-state index in [-0.39, 0.29) is 0 Å². The zero-order valence-corrected chi connectivity index (χ0v) is 16.0. The van der Waals surface area contributed by atoms with Gasteiger partial charge in [0.25, 0.3) is 0 Å². The number of aromatic hydroxyl groups is 3. The third-order valence-electron chi connectivity index (χ3n) is 4.35. The minimum atomic E-state index is 0.329. The Morgan fingerprint density at radius 2 is 0.808 bits per heavy atom. The summed E-state index contributed by atoms with van der Waals surface area (Å²) < 4.78 is 0. The fourth-order valence-electron chi connectivity index (χ4n) is 2.79. The van der Waals surface area contributed by atoms with Crippen LogP contribution < -0.4 is 0 Å². The molecule has 0 aliphatic carbocycles. The molecule has 0 fully saturated rings. The van der Waals surface area contributed by atoms with Crippen molar-refractivity contribution in [1.82, 2.24) is 0 Å². The Hall–Kier alpha value is -2.94. The van der Waals surface area contributed by atoms with Crippen molar-refractivity contribution in [3.8, 4) is 28.4 Å². The van der Waals surface area contributed by atoms with Gasteiger partial charge < -0.3 is 15.3 Å². The lowest BCUT2D eigenvalue weighted by molar-refractivity contribution is 0.466. The highest BCUT2D eigenvalue weighted by atomic mass is 16.3. The van der Waals surface area contributed by atoms with Crippen molar-refractivity contribution < 1.29 is 15.3 Å². The molecule has 0 aliphatic rings. The molecule has 0 atom stereocenters. The standard InChI is InChI=1S/C16H18O2.C7H8O/c1-9-5-13(6-10(2)15(9)17)14-7-11(3)16(18)12(4)8-14;1-6-2-4-7(8)5-3-6/h5-8,17-18H,1-4H3;2-5,8H,1H3. The Bertz CT molecular complexity index is 787. The zero-order valence-electron chi connectivity index (χ0n) is 16.0. The van der Waals surface area contributed by atoms with Gasteiger partial charge in [0.15, 0.2) is 0 Å². The maximum Gasteiger partial charge on any atom is 0.121 e. The third kappa shape index (κ3) is 4.57. The van der Waals surface area contributed by atoms with Crippen LogP contribution in [0.1, 0.15) is 27.8 Å². The molecule has 0 saturated carbocycles. The second-order valence-corrected chi connectivity index (χ2v) is 6.75. The lowest BCUT2D eigenvalue weighted by Gasteiger charge is -2.11. The first-order valence-corrected chi connectivity index (χ1v) is 8.55. The lowest BCUT2D eigenvalue weighted by Crippen LogP contribution is -1.88. The van der Waals surface area contributed by atoms with Crippen LogP contribution in [0.25, 0.3) is 11.1 Å². The summed E-state index contributed by atoms with van der Waals surface area (Å²) in [6, 6.07) is 15.0. The van der Waals surface area contributed by atoms with Crippen LogP contribution in [-0.4, -0.2) is 15.3 Å². The van der Waals surface area contributed by atoms with E-state index in [1.807, 2.05) is 71.0 Å². The van der Waals surface area contributed by atoms with Crippen LogP contribution in [0.15, 0.2) is 48.5 Å². The first-order valence-electron chi connectivity index (χ1n) is 8.55. The Labute approximate surface area is 155 Å². The number of hydrogen-bond donors (Lipinski definition) is 3. The summed E-state index contributed by atoms with van der Waals surface area (Å²) in [7, 11) is 0. The van der Waals surface area contributed by atoms with Gasteiger partial charge >= 0.3 is 0 Å². The highest BCUT2D eigenvalue weighted by Crippen LogP contribution is 2.32. The van der Waals surface area contributed by atoms with Crippen LogP contribution in [0.3, 0.4) is 0 Å². The minimum absolute atomic E-state index is 0.329. The largest absolute Gasteiger partial charge is 0.508 e. The van der Waals surface area contributed by atoms with Crippen molar-refractivity contribution in [3.63, 3.8) is 0 Å². The van der Waals surface area contributed by atoms with E-state index in [2.05, 4.69) is 0 Å². The van der Waals surface area contributed by atoms with Gasteiger partial charge in [0, 0.05) is 0 Å². The molecule has 0 aromatic heterocycles. The molecule has 136 valence electrons. The van der Waals surface area contributed by atoms with E-state index in [0.717, 1.165) is 33.4 Å². The summed E-state index contributed by atoms with van der Waals surface area (Å²) in [6.07, 6.45) is 0. The Balaban J connectivity index is 0.000000254. The minimum Gasteiger partial charge on any atom is -0.508 e. The van der Waals surface area contributed by atoms with Crippen molar-refractivity contribution in [3.05, 3.63) is 76.3 Å². The number of phenols is 3. The van der Waals surface area contributed by atoms with E-state index in [4.69, 9.17) is 5.11 Å². The van der Waals surface area contributed by atoms with Crippen LogP contribution in [-0.2, 0) is 0 Å². The van der Waals surface area contributed by atoms with Gasteiger partial charge in [0.1, 0.15) is 17.2 Å². The highest BCUT2D eigenvalue weighted by Gasteiger charge is 2.08. The van der Waals surface area contributed by atoms with Gasteiger partial charge in [-0.2, -0.15) is 0 Å². The maximum absolute atomic E-state index is 9.79. The molecule has 3 heteroatoms. The molecule has 0 radical (unpaired) electrons. The molecule has 3 N–H and O–H groups in total. The molecule has 0 unspecified atom stereocenters. The summed E-state index contributed by atoms with van der Waals surface area (Å²) in [5.41, 5.74) is 6.77. The molecule has 3 aromatic carbocycles. The topological polar surface area (TPSA) is 60.7 Å². The van der Waals surface area contributed by atoms with Crippen molar-refractivity contribution in [2.75, 3.05) is 0 Å². The molecule has 26 heavy (non-hydrogen) atoms. The quantitative estimate of drug-likeness (QED) is 0.527. The molecule has 0 heterocycles. The highest BCUT2D eigenvalue weighted by molar-refractivity contribution is 5.70. The predicted octanol–water partition coefficient (Wildman–Crippen LogP) is 5.70. The smallest absolute Gasteiger partial charge is 0.121 e. The number of rotatable bonds is 1. The summed E-state index contributed by atoms with van der Waals surface area (Å²) in [4.78, 5) is 0. The van der Waals surface area contributed by atoms with Gasteiger partial charge in [-0.3, -0.25) is 0 Å². The van der Waals surface area contributed by atoms with E-state index in [1.54, 1.807) is 12.1 Å². The van der Waals surface area contributed by atoms with Gasteiger partial charge in [0.05, 0.1) is 0 Å². The van der Waals surface area contributed by atoms with Gasteiger partial charge in [-0.15, -0.1) is 0 Å². The van der Waals surface area contributed by atoms with Crippen molar-refractivity contribution in [2.24, 2.45) is 0 Å². The van der Waals surface area contributed by atoms with Crippen LogP contribution >= 0.6 is 0 Å². The van der Waals surface area contributed by atoms with E-state index in [0.29, 0.717) is 17.2 Å². The van der Waals surface area contributed by atoms with E-state index in [9.17, 15) is 10.2 Å². The van der Waals surface area contributed by atoms with E-state index in [1.165, 1.54) is 5.56 Å². The van der Waals surface area contributed by atoms with Crippen LogP contribution in [0.2, 0.25) is 0 Å². The van der Waals surface area contributed by atoms with Crippen molar-refractivity contribution >= 4 is 0 Å². The van der Waals surface area contributed by atoms with Gasteiger partial charge in [-0.25, -0.2) is 0 Å². The predicted molar refractivity (Wildman–Crippen MR) is 107 cm³/mol. The lowest BCUT2D eigenvalue weighted by atomic mass is 9.96. The normalized spacial score (nSPS) is 10.2. The Morgan fingerprint density at radius 3 is 1.08 bits per heavy atom. The van der Waals surface area contributed by atoms with Gasteiger partial charge in [-0.05, 0) is 104 Å². The Morgan fingerprint density at radius 1 is 0.500 bits per heavy atom. The zero-order chi connectivity index (χ0) is 19.4. The van der Waals surface area contributed by atoms with Crippen LogP contribution in [0.4, 0.5) is 0 Å². The summed E-state index contributed by atoms with van der Waals surface area (Å²) >= 11 is 0. The van der Waals surface area contributed by atoms with Gasteiger partial charge in [-0.1, -0.05) is 17.7 Å². The molecule has 0 amide bonds. The first-order chi connectivity index (χ1) is 12.2. The molecule has 0 bridgehead atoms. The molecule has 3 nitrogen and oxygen atoms in total. The van der Waals surface area contributed by atoms with Crippen LogP contribution in [0, 0.1) is 34.6 Å². The molecular weight excluding hydrogens is 324 g/mol. The molecule has 3 aromatic rings. The summed E-state index contributed by atoms with van der Waals surface area (Å²) in [5.74, 6) is 1.03. The van der Waals surface area contributed by atoms with Crippen molar-refractivity contribution in [1.29, 1.82) is 0 Å². The van der Waals surface area contributed by atoms with Gasteiger partial charge in [0.2, 0.25) is 0 Å². The Kier molecular flexibility index (Phi) is 5.93. The number of benzene rings is 3. The number of aryl methyl sites for hydroxylation is 5. The molecular formula is C23H26O3. The second kappa shape index (κ2) is 7.96. The fraction of sp³-hybridized carbons (Fsp3) is 0.217. The monoisotopic (exact) mass is 350 g/mol. The molecule has 0 spiro atoms. The second-order valence-electron chi connectivity index (χ2n) is 6.75. The fourth-order valence-corrected chi connectivity index (χ4v) is 2.79. The van der Waals surface area contributed by atoms with E-state index >= 15 is 0 Å². The molecule has 3 rings (SSSR count). The van der Waals surface area contributed by atoms with Crippen molar-refractivity contribution in [2.45, 2.75) is 34.6 Å². The maximum atomic E-state index is 9.79. The SMILES string of the molecule is Cc1cc(-c2cc(C)c(O)c(C)c2)cc(C)c1O.Cc1ccc(O)cc1. The number of hydrogen-bond acceptors (Lipinski definition) is 3. The average molecular weight is 350 g/mol. The average Bonchev–Trinajstić information content (AvgIpc) is 2.60. The molecule has 0 aliphatic heterocycles. The van der Waals surface area contributed by atoms with E-state index < -0.39 is 0 Å². The summed E-state index contributed by atoms with van der Waals surface area (Å²) in [6.45, 7) is 9.56. The number of phenolic OH excluding ortho intramolecular Hbond substituents is 3. The third-order valence-corrected chi connectivity index (χ3v) is 4.35.